The highest BCUT2D eigenvalue weighted by Gasteiger charge is 2.00. The Balaban J connectivity index is 2.71. The number of benzene rings is 1. The standard InChI is InChI=1S/C11H16N/c1-10-5-7-11(8-6-10)9-12(2,3)4/h2,5-8H,9H2,1,3-4H3. The van der Waals surface area contributed by atoms with Crippen LogP contribution in [0, 0.1) is 14.0 Å². The van der Waals surface area contributed by atoms with Crippen LogP contribution in [-0.4, -0.2) is 18.6 Å². The molecule has 0 aliphatic carbocycles. The van der Waals surface area contributed by atoms with Gasteiger partial charge in [0.25, 0.3) is 0 Å². The van der Waals surface area contributed by atoms with E-state index in [0.717, 1.165) is 6.54 Å². The summed E-state index contributed by atoms with van der Waals surface area (Å²) in [6, 6.07) is 8.49. The van der Waals surface area contributed by atoms with Crippen LogP contribution in [0.2, 0.25) is 0 Å². The fraction of sp³-hybridized carbons (Fsp3) is 0.364. The van der Waals surface area contributed by atoms with Crippen molar-refractivity contribution in [3.63, 3.8) is 0 Å². The van der Waals surface area contributed by atoms with Gasteiger partial charge in [0.2, 0.25) is 0 Å². The number of nitrogens with zero attached hydrogens (tertiary/aromatic N) is 1. The highest BCUT2D eigenvalue weighted by molar-refractivity contribution is 5.20. The molecule has 0 aromatic heterocycles. The molecule has 0 aliphatic heterocycles. The molecule has 0 amide bonds. The lowest BCUT2D eigenvalue weighted by molar-refractivity contribution is -0.859. The van der Waals surface area contributed by atoms with Crippen LogP contribution < -0.4 is 0 Å². The highest BCUT2D eigenvalue weighted by Crippen LogP contribution is 2.08. The molecule has 0 heterocycles. The van der Waals surface area contributed by atoms with Gasteiger partial charge in [-0.1, -0.05) is 29.8 Å². The van der Waals surface area contributed by atoms with Crippen LogP contribution in [-0.2, 0) is 6.54 Å². The van der Waals surface area contributed by atoms with Gasteiger partial charge in [0.05, 0.1) is 6.54 Å². The molecule has 0 saturated heterocycles. The Morgan fingerprint density at radius 1 is 1.17 bits per heavy atom. The molecule has 0 saturated carbocycles. The SMILES string of the molecule is [CH-][N+](C)(C)Cc1ccc(C)cc1. The van der Waals surface area contributed by atoms with E-state index in [1.807, 2.05) is 14.1 Å². The summed E-state index contributed by atoms with van der Waals surface area (Å²) < 4.78 is 0.489. The van der Waals surface area contributed by atoms with Crippen LogP contribution >= 0.6 is 0 Å². The van der Waals surface area contributed by atoms with Gasteiger partial charge in [0.15, 0.2) is 0 Å². The molecule has 0 fully saturated rings. The van der Waals surface area contributed by atoms with Gasteiger partial charge in [-0.2, -0.15) is 0 Å². The second kappa shape index (κ2) is 3.28. The summed E-state index contributed by atoms with van der Waals surface area (Å²) in [5.74, 6) is 0. The lowest BCUT2D eigenvalue weighted by atomic mass is 10.1. The normalized spacial score (nSPS) is 11.7. The van der Waals surface area contributed by atoms with Crippen LogP contribution in [0.5, 0.6) is 0 Å². The molecule has 1 heteroatoms. The molecule has 65 valence electrons. The quantitative estimate of drug-likeness (QED) is 0.462. The van der Waals surface area contributed by atoms with E-state index in [1.54, 1.807) is 0 Å². The maximum atomic E-state index is 5.84. The van der Waals surface area contributed by atoms with E-state index in [-0.39, 0.29) is 0 Å². The summed E-state index contributed by atoms with van der Waals surface area (Å²) in [6.45, 7) is 2.96. The molecule has 1 aromatic rings. The van der Waals surface area contributed by atoms with Gasteiger partial charge in [-0.3, -0.25) is 0 Å². The minimum absolute atomic E-state index is 0.489. The van der Waals surface area contributed by atoms with Crippen LogP contribution in [0.1, 0.15) is 11.1 Å². The zero-order valence-electron chi connectivity index (χ0n) is 8.04. The lowest BCUT2D eigenvalue weighted by Crippen LogP contribution is -2.30. The van der Waals surface area contributed by atoms with Gasteiger partial charge in [0, 0.05) is 19.7 Å². The molecule has 1 aromatic carbocycles. The topological polar surface area (TPSA) is 0 Å². The average Bonchev–Trinajstić information content (AvgIpc) is 1.91. The van der Waals surface area contributed by atoms with Gasteiger partial charge >= 0.3 is 0 Å². The first-order chi connectivity index (χ1) is 5.47. The third-order valence-corrected chi connectivity index (χ3v) is 1.71. The second-order valence-electron chi connectivity index (χ2n) is 3.92. The summed E-state index contributed by atoms with van der Waals surface area (Å²) in [5, 5.41) is 0. The molecule has 1 nitrogen and oxygen atoms in total. The lowest BCUT2D eigenvalue weighted by Gasteiger charge is -2.34. The molecule has 0 atom stereocenters. The van der Waals surface area contributed by atoms with Crippen molar-refractivity contribution < 1.29 is 4.48 Å². The number of rotatable bonds is 2. The first kappa shape index (κ1) is 9.27. The van der Waals surface area contributed by atoms with E-state index in [9.17, 15) is 0 Å². The van der Waals surface area contributed by atoms with E-state index in [4.69, 9.17) is 7.05 Å². The molecule has 0 bridgehead atoms. The van der Waals surface area contributed by atoms with Crippen LogP contribution in [0.4, 0.5) is 0 Å². The van der Waals surface area contributed by atoms with Gasteiger partial charge in [-0.05, 0) is 6.92 Å². The van der Waals surface area contributed by atoms with Crippen molar-refractivity contribution in [1.29, 1.82) is 0 Å². The molecule has 0 N–H and O–H groups in total. The Morgan fingerprint density at radius 2 is 1.67 bits per heavy atom. The maximum Gasteiger partial charge on any atom is 0.0784 e. The summed E-state index contributed by atoms with van der Waals surface area (Å²) in [4.78, 5) is 0. The van der Waals surface area contributed by atoms with Gasteiger partial charge < -0.3 is 4.48 Å². The van der Waals surface area contributed by atoms with Crippen molar-refractivity contribution in [3.8, 4) is 0 Å². The minimum Gasteiger partial charge on any atom is -0.478 e. The maximum absolute atomic E-state index is 5.84. The fourth-order valence-electron chi connectivity index (χ4n) is 1.16. The monoisotopic (exact) mass is 162 g/mol. The van der Waals surface area contributed by atoms with E-state index >= 15 is 0 Å². The van der Waals surface area contributed by atoms with Crippen LogP contribution in [0.25, 0.3) is 0 Å². The van der Waals surface area contributed by atoms with E-state index in [1.165, 1.54) is 11.1 Å². The summed E-state index contributed by atoms with van der Waals surface area (Å²) in [5.41, 5.74) is 2.58. The Kier molecular flexibility index (Phi) is 2.53. The third kappa shape index (κ3) is 3.05. The minimum atomic E-state index is 0.489. The van der Waals surface area contributed by atoms with E-state index in [0.29, 0.717) is 4.48 Å². The Labute approximate surface area is 75.2 Å². The summed E-state index contributed by atoms with van der Waals surface area (Å²) >= 11 is 0. The molecule has 12 heavy (non-hydrogen) atoms. The van der Waals surface area contributed by atoms with Crippen molar-refractivity contribution in [2.45, 2.75) is 13.5 Å². The Hall–Kier alpha value is -0.820. The fourth-order valence-corrected chi connectivity index (χ4v) is 1.16. The summed E-state index contributed by atoms with van der Waals surface area (Å²) in [6.07, 6.45) is 0. The number of hydrogen-bond acceptors (Lipinski definition) is 0. The first-order valence-electron chi connectivity index (χ1n) is 4.14. The largest absolute Gasteiger partial charge is 0.478 e. The Morgan fingerprint density at radius 3 is 2.08 bits per heavy atom. The average molecular weight is 162 g/mol. The smallest absolute Gasteiger partial charge is 0.0784 e. The molecule has 0 aliphatic rings. The number of hydrogen-bond donors (Lipinski definition) is 0. The predicted molar refractivity (Wildman–Crippen MR) is 51.3 cm³/mol. The predicted octanol–water partition coefficient (Wildman–Crippen LogP) is 2.24. The molecule has 0 spiro atoms. The first-order valence-corrected chi connectivity index (χ1v) is 4.14. The van der Waals surface area contributed by atoms with Gasteiger partial charge in [0.1, 0.15) is 0 Å². The van der Waals surface area contributed by atoms with Crippen molar-refractivity contribution in [2.24, 2.45) is 0 Å². The van der Waals surface area contributed by atoms with Gasteiger partial charge in [-0.25, -0.2) is 7.05 Å². The molecule has 1 rings (SSSR count). The van der Waals surface area contributed by atoms with E-state index in [2.05, 4.69) is 31.2 Å². The van der Waals surface area contributed by atoms with Crippen LogP contribution in [0.15, 0.2) is 24.3 Å². The molecule has 1 radical (unpaired) electrons. The van der Waals surface area contributed by atoms with Gasteiger partial charge in [-0.15, -0.1) is 0 Å². The zero-order chi connectivity index (χ0) is 9.19. The molecular weight excluding hydrogens is 146 g/mol. The highest BCUT2D eigenvalue weighted by atomic mass is 15.3. The number of quaternary nitrogens is 1. The Bertz CT molecular complexity index is 241. The third-order valence-electron chi connectivity index (χ3n) is 1.71. The molecule has 0 unspecified atom stereocenters. The second-order valence-corrected chi connectivity index (χ2v) is 3.92. The summed E-state index contributed by atoms with van der Waals surface area (Å²) in [7, 11) is 9.81. The number of aryl methyl sites for hydroxylation is 1. The van der Waals surface area contributed by atoms with E-state index < -0.39 is 0 Å². The molecular formula is C11H16N. The van der Waals surface area contributed by atoms with Crippen LogP contribution in [0.3, 0.4) is 0 Å². The van der Waals surface area contributed by atoms with Crippen molar-refractivity contribution in [1.82, 2.24) is 0 Å². The van der Waals surface area contributed by atoms with Crippen molar-refractivity contribution in [2.75, 3.05) is 14.1 Å². The van der Waals surface area contributed by atoms with Crippen molar-refractivity contribution >= 4 is 0 Å². The zero-order valence-corrected chi connectivity index (χ0v) is 8.04. The van der Waals surface area contributed by atoms with Crippen molar-refractivity contribution in [3.05, 3.63) is 42.4 Å².